The predicted molar refractivity (Wildman–Crippen MR) is 114 cm³/mol. The van der Waals surface area contributed by atoms with Crippen molar-refractivity contribution in [1.82, 2.24) is 9.88 Å². The van der Waals surface area contributed by atoms with Gasteiger partial charge in [0.1, 0.15) is 11.9 Å². The molecular formula is C22H20FN3O2S. The number of aryl methyl sites for hydroxylation is 2. The Labute approximate surface area is 172 Å². The maximum atomic E-state index is 13.9. The molecule has 2 heterocycles. The van der Waals surface area contributed by atoms with E-state index in [9.17, 15) is 14.0 Å². The van der Waals surface area contributed by atoms with Crippen molar-refractivity contribution in [3.8, 4) is 0 Å². The summed E-state index contributed by atoms with van der Waals surface area (Å²) in [7, 11) is 0. The lowest BCUT2D eigenvalue weighted by Gasteiger charge is -2.24. The van der Waals surface area contributed by atoms with E-state index in [4.69, 9.17) is 0 Å². The molecule has 0 spiro atoms. The standard InChI is InChI=1S/C22H20FN3O2S/c1-13-7-8-15-10-16(14(2)24-19(15)9-13)22(28)26-12-29-11-20(26)21(27)25-18-6-4-3-5-17(18)23/h3-10,20H,11-12H2,1-2H3,(H,25,27). The molecule has 4 rings (SSSR count). The minimum absolute atomic E-state index is 0.112. The van der Waals surface area contributed by atoms with E-state index in [1.165, 1.54) is 28.8 Å². The van der Waals surface area contributed by atoms with Gasteiger partial charge in [-0.05, 0) is 43.7 Å². The van der Waals surface area contributed by atoms with Crippen molar-refractivity contribution in [3.05, 3.63) is 71.2 Å². The Morgan fingerprint density at radius 2 is 1.97 bits per heavy atom. The molecule has 1 N–H and O–H groups in total. The van der Waals surface area contributed by atoms with Crippen LogP contribution in [0.25, 0.3) is 10.9 Å². The first-order valence-corrected chi connectivity index (χ1v) is 10.4. The Balaban J connectivity index is 1.60. The molecule has 1 saturated heterocycles. The average molecular weight is 409 g/mol. The number of thioether (sulfide) groups is 1. The van der Waals surface area contributed by atoms with Crippen LogP contribution in [0.1, 0.15) is 21.6 Å². The molecule has 7 heteroatoms. The zero-order valence-electron chi connectivity index (χ0n) is 16.1. The summed E-state index contributed by atoms with van der Waals surface area (Å²) < 4.78 is 13.9. The van der Waals surface area contributed by atoms with Crippen molar-refractivity contribution >= 4 is 40.2 Å². The minimum atomic E-state index is -0.666. The summed E-state index contributed by atoms with van der Waals surface area (Å²) in [5.41, 5.74) is 3.15. The van der Waals surface area contributed by atoms with E-state index in [1.807, 2.05) is 31.2 Å². The highest BCUT2D eigenvalue weighted by atomic mass is 32.2. The third kappa shape index (κ3) is 3.82. The van der Waals surface area contributed by atoms with Gasteiger partial charge in [0.25, 0.3) is 5.91 Å². The number of halogens is 1. The quantitative estimate of drug-likeness (QED) is 0.706. The van der Waals surface area contributed by atoms with Crippen LogP contribution in [0, 0.1) is 19.7 Å². The van der Waals surface area contributed by atoms with Crippen molar-refractivity contribution in [2.24, 2.45) is 0 Å². The fraction of sp³-hybridized carbons (Fsp3) is 0.227. The molecule has 1 aliphatic rings. The van der Waals surface area contributed by atoms with Crippen molar-refractivity contribution in [2.75, 3.05) is 16.9 Å². The first-order chi connectivity index (χ1) is 13.9. The molecular weight excluding hydrogens is 389 g/mol. The molecule has 29 heavy (non-hydrogen) atoms. The van der Waals surface area contributed by atoms with Crippen LogP contribution in [-0.2, 0) is 4.79 Å². The van der Waals surface area contributed by atoms with Gasteiger partial charge in [-0.2, -0.15) is 0 Å². The van der Waals surface area contributed by atoms with Crippen LogP contribution in [0.4, 0.5) is 10.1 Å². The number of pyridine rings is 1. The molecule has 0 radical (unpaired) electrons. The van der Waals surface area contributed by atoms with E-state index in [1.54, 1.807) is 19.1 Å². The molecule has 0 aliphatic carbocycles. The first kappa shape index (κ1) is 19.4. The molecule has 1 fully saturated rings. The van der Waals surface area contributed by atoms with E-state index >= 15 is 0 Å². The summed E-state index contributed by atoms with van der Waals surface area (Å²) in [4.78, 5) is 32.1. The highest BCUT2D eigenvalue weighted by Crippen LogP contribution is 2.27. The third-order valence-corrected chi connectivity index (χ3v) is 5.98. The maximum absolute atomic E-state index is 13.9. The van der Waals surface area contributed by atoms with Crippen molar-refractivity contribution < 1.29 is 14.0 Å². The number of nitrogens with one attached hydrogen (secondary N) is 1. The Bertz CT molecular complexity index is 1120. The molecule has 1 aromatic heterocycles. The van der Waals surface area contributed by atoms with Crippen molar-refractivity contribution in [1.29, 1.82) is 0 Å². The number of amides is 2. The smallest absolute Gasteiger partial charge is 0.257 e. The summed E-state index contributed by atoms with van der Waals surface area (Å²) in [6.07, 6.45) is 0. The number of nitrogens with zero attached hydrogens (tertiary/aromatic N) is 2. The van der Waals surface area contributed by atoms with Crippen LogP contribution in [0.15, 0.2) is 48.5 Å². The number of anilines is 1. The normalized spacial score (nSPS) is 16.2. The summed E-state index contributed by atoms with van der Waals surface area (Å²) >= 11 is 1.50. The lowest BCUT2D eigenvalue weighted by molar-refractivity contribution is -0.119. The van der Waals surface area contributed by atoms with Gasteiger partial charge in [0.2, 0.25) is 5.91 Å². The molecule has 0 bridgehead atoms. The van der Waals surface area contributed by atoms with E-state index in [0.717, 1.165) is 16.5 Å². The van der Waals surface area contributed by atoms with E-state index in [0.29, 0.717) is 22.9 Å². The number of benzene rings is 2. The van der Waals surface area contributed by atoms with Gasteiger partial charge < -0.3 is 10.2 Å². The lowest BCUT2D eigenvalue weighted by Crippen LogP contribution is -2.44. The molecule has 148 valence electrons. The van der Waals surface area contributed by atoms with E-state index < -0.39 is 17.8 Å². The van der Waals surface area contributed by atoms with E-state index in [2.05, 4.69) is 10.3 Å². The zero-order chi connectivity index (χ0) is 20.5. The second kappa shape index (κ2) is 7.83. The van der Waals surface area contributed by atoms with E-state index in [-0.39, 0.29) is 11.6 Å². The Hall–Kier alpha value is -2.93. The van der Waals surface area contributed by atoms with Gasteiger partial charge in [-0.15, -0.1) is 11.8 Å². The van der Waals surface area contributed by atoms with Crippen molar-refractivity contribution in [2.45, 2.75) is 19.9 Å². The summed E-state index contributed by atoms with van der Waals surface area (Å²) in [6, 6.07) is 13.1. The summed E-state index contributed by atoms with van der Waals surface area (Å²) in [5, 5.41) is 3.48. The van der Waals surface area contributed by atoms with Crippen LogP contribution < -0.4 is 5.32 Å². The number of rotatable bonds is 3. The summed E-state index contributed by atoms with van der Waals surface area (Å²) in [6.45, 7) is 3.79. The Kier molecular flexibility index (Phi) is 5.24. The van der Waals surface area contributed by atoms with Crippen LogP contribution in [-0.4, -0.2) is 39.4 Å². The van der Waals surface area contributed by atoms with Crippen LogP contribution in [0.2, 0.25) is 0 Å². The molecule has 2 aromatic carbocycles. The number of carbonyl (C=O) groups excluding carboxylic acids is 2. The third-order valence-electron chi connectivity index (χ3n) is 4.97. The lowest BCUT2D eigenvalue weighted by atomic mass is 10.1. The van der Waals surface area contributed by atoms with Gasteiger partial charge in [-0.3, -0.25) is 14.6 Å². The predicted octanol–water partition coefficient (Wildman–Crippen LogP) is 4.14. The number of hydrogen-bond acceptors (Lipinski definition) is 4. The fourth-order valence-corrected chi connectivity index (χ4v) is 4.54. The van der Waals surface area contributed by atoms with Crippen LogP contribution in [0.5, 0.6) is 0 Å². The monoisotopic (exact) mass is 409 g/mol. The largest absolute Gasteiger partial charge is 0.322 e. The Morgan fingerprint density at radius 1 is 1.17 bits per heavy atom. The Morgan fingerprint density at radius 3 is 2.76 bits per heavy atom. The average Bonchev–Trinajstić information content (AvgIpc) is 3.18. The highest BCUT2D eigenvalue weighted by molar-refractivity contribution is 7.99. The fourth-order valence-electron chi connectivity index (χ4n) is 3.38. The highest BCUT2D eigenvalue weighted by Gasteiger charge is 2.36. The van der Waals surface area contributed by atoms with Gasteiger partial charge in [-0.25, -0.2) is 4.39 Å². The molecule has 1 aliphatic heterocycles. The molecule has 5 nitrogen and oxygen atoms in total. The van der Waals surface area contributed by atoms with Gasteiger partial charge in [0, 0.05) is 11.1 Å². The SMILES string of the molecule is Cc1ccc2cc(C(=O)N3CSCC3C(=O)Nc3ccccc3F)c(C)nc2c1. The maximum Gasteiger partial charge on any atom is 0.257 e. The van der Waals surface area contributed by atoms with Gasteiger partial charge in [-0.1, -0.05) is 24.3 Å². The topological polar surface area (TPSA) is 62.3 Å². The van der Waals surface area contributed by atoms with Gasteiger partial charge in [0.05, 0.1) is 28.3 Å². The number of para-hydroxylation sites is 1. The molecule has 1 unspecified atom stereocenters. The van der Waals surface area contributed by atoms with Crippen molar-refractivity contribution in [3.63, 3.8) is 0 Å². The van der Waals surface area contributed by atoms with Crippen LogP contribution in [0.3, 0.4) is 0 Å². The molecule has 2 amide bonds. The number of carbonyl (C=O) groups is 2. The number of hydrogen-bond donors (Lipinski definition) is 1. The molecule has 0 saturated carbocycles. The minimum Gasteiger partial charge on any atom is -0.322 e. The zero-order valence-corrected chi connectivity index (χ0v) is 16.9. The molecule has 1 atom stereocenters. The number of fused-ring (bicyclic) bond motifs is 1. The second-order valence-corrected chi connectivity index (χ2v) is 8.08. The number of aromatic nitrogens is 1. The molecule has 3 aromatic rings. The van der Waals surface area contributed by atoms with Gasteiger partial charge >= 0.3 is 0 Å². The first-order valence-electron chi connectivity index (χ1n) is 9.26. The van der Waals surface area contributed by atoms with Gasteiger partial charge in [0.15, 0.2) is 0 Å². The second-order valence-electron chi connectivity index (χ2n) is 7.08. The van der Waals surface area contributed by atoms with Crippen LogP contribution >= 0.6 is 11.8 Å². The summed E-state index contributed by atoms with van der Waals surface area (Å²) in [5.74, 6) is -0.272.